The fourth-order valence-electron chi connectivity index (χ4n) is 2.60. The van der Waals surface area contributed by atoms with Gasteiger partial charge >= 0.3 is 0 Å². The second kappa shape index (κ2) is 7.36. The van der Waals surface area contributed by atoms with E-state index in [0.717, 1.165) is 17.8 Å². The molecule has 0 atom stereocenters. The van der Waals surface area contributed by atoms with E-state index in [-0.39, 0.29) is 11.8 Å². The molecular formula is C18H18ClN3O2. The molecule has 0 aliphatic carbocycles. The molecule has 1 aliphatic heterocycles. The Labute approximate surface area is 145 Å². The van der Waals surface area contributed by atoms with Crippen LogP contribution in [0.4, 0.5) is 5.69 Å². The van der Waals surface area contributed by atoms with Crippen molar-refractivity contribution in [3.8, 4) is 0 Å². The fraction of sp³-hybridized carbons (Fsp3) is 0.222. The lowest BCUT2D eigenvalue weighted by molar-refractivity contribution is -0.120. The number of halogens is 1. The molecule has 5 nitrogen and oxygen atoms in total. The van der Waals surface area contributed by atoms with Gasteiger partial charge in [-0.05, 0) is 35.9 Å². The van der Waals surface area contributed by atoms with E-state index in [1.807, 2.05) is 29.2 Å². The monoisotopic (exact) mass is 343 g/mol. The number of carbonyl (C=O) groups is 2. The SMILES string of the molecule is O=C1CN(c2ccc(CNC(=O)c3cccc(Cl)c3)cc2)CCN1. The highest BCUT2D eigenvalue weighted by Crippen LogP contribution is 2.16. The first-order valence-corrected chi connectivity index (χ1v) is 8.14. The van der Waals surface area contributed by atoms with Gasteiger partial charge in [-0.25, -0.2) is 0 Å². The summed E-state index contributed by atoms with van der Waals surface area (Å²) in [6, 6.07) is 14.7. The summed E-state index contributed by atoms with van der Waals surface area (Å²) in [6.07, 6.45) is 0. The molecule has 6 heteroatoms. The summed E-state index contributed by atoms with van der Waals surface area (Å²) in [5, 5.41) is 6.22. The van der Waals surface area contributed by atoms with Crippen molar-refractivity contribution in [3.63, 3.8) is 0 Å². The van der Waals surface area contributed by atoms with E-state index < -0.39 is 0 Å². The van der Waals surface area contributed by atoms with Crippen LogP contribution in [0.1, 0.15) is 15.9 Å². The average molecular weight is 344 g/mol. The number of nitrogens with one attached hydrogen (secondary N) is 2. The Hall–Kier alpha value is -2.53. The van der Waals surface area contributed by atoms with Crippen molar-refractivity contribution in [2.75, 3.05) is 24.5 Å². The maximum atomic E-state index is 12.1. The van der Waals surface area contributed by atoms with Gasteiger partial charge in [-0.15, -0.1) is 0 Å². The van der Waals surface area contributed by atoms with Gasteiger partial charge in [0.15, 0.2) is 0 Å². The highest BCUT2D eigenvalue weighted by molar-refractivity contribution is 6.30. The highest BCUT2D eigenvalue weighted by Gasteiger charge is 2.16. The third-order valence-electron chi connectivity index (χ3n) is 3.88. The maximum absolute atomic E-state index is 12.1. The summed E-state index contributed by atoms with van der Waals surface area (Å²) < 4.78 is 0. The standard InChI is InChI=1S/C18H18ClN3O2/c19-15-3-1-2-14(10-15)18(24)21-11-13-4-6-16(7-5-13)22-9-8-20-17(23)12-22/h1-7,10H,8-9,11-12H2,(H,20,23)(H,21,24). The zero-order valence-corrected chi connectivity index (χ0v) is 13.8. The molecule has 124 valence electrons. The smallest absolute Gasteiger partial charge is 0.251 e. The summed E-state index contributed by atoms with van der Waals surface area (Å²) in [4.78, 5) is 25.6. The second-order valence-corrected chi connectivity index (χ2v) is 6.07. The zero-order chi connectivity index (χ0) is 16.9. The van der Waals surface area contributed by atoms with Crippen molar-refractivity contribution in [3.05, 3.63) is 64.7 Å². The number of piperazine rings is 1. The summed E-state index contributed by atoms with van der Waals surface area (Å²) in [7, 11) is 0. The van der Waals surface area contributed by atoms with Crippen molar-refractivity contribution < 1.29 is 9.59 Å². The normalized spacial score (nSPS) is 14.2. The number of anilines is 1. The lowest BCUT2D eigenvalue weighted by Gasteiger charge is -2.28. The van der Waals surface area contributed by atoms with Crippen LogP contribution >= 0.6 is 11.6 Å². The first-order valence-electron chi connectivity index (χ1n) is 7.76. The molecule has 1 aliphatic rings. The van der Waals surface area contributed by atoms with E-state index >= 15 is 0 Å². The average Bonchev–Trinajstić information content (AvgIpc) is 2.60. The minimum atomic E-state index is -0.158. The maximum Gasteiger partial charge on any atom is 0.251 e. The molecule has 0 saturated carbocycles. The van der Waals surface area contributed by atoms with E-state index in [9.17, 15) is 9.59 Å². The van der Waals surface area contributed by atoms with Gasteiger partial charge in [0, 0.05) is 35.9 Å². The molecule has 2 aromatic rings. The van der Waals surface area contributed by atoms with Gasteiger partial charge in [0.1, 0.15) is 0 Å². The van der Waals surface area contributed by atoms with Crippen LogP contribution in [0.2, 0.25) is 5.02 Å². The Bertz CT molecular complexity index is 746. The van der Waals surface area contributed by atoms with Gasteiger partial charge in [0.2, 0.25) is 5.91 Å². The van der Waals surface area contributed by atoms with Gasteiger partial charge in [0.05, 0.1) is 6.54 Å². The minimum absolute atomic E-state index is 0.0408. The number of hydrogen-bond acceptors (Lipinski definition) is 3. The predicted molar refractivity (Wildman–Crippen MR) is 94.3 cm³/mol. The van der Waals surface area contributed by atoms with Crippen molar-refractivity contribution in [1.29, 1.82) is 0 Å². The molecule has 0 spiro atoms. The number of amides is 2. The quantitative estimate of drug-likeness (QED) is 0.894. The third-order valence-corrected chi connectivity index (χ3v) is 4.11. The number of rotatable bonds is 4. The van der Waals surface area contributed by atoms with E-state index in [2.05, 4.69) is 10.6 Å². The Balaban J connectivity index is 1.58. The molecule has 0 aromatic heterocycles. The molecule has 0 bridgehead atoms. The van der Waals surface area contributed by atoms with Gasteiger partial charge in [-0.3, -0.25) is 9.59 Å². The van der Waals surface area contributed by atoms with Crippen LogP contribution in [0.3, 0.4) is 0 Å². The summed E-state index contributed by atoms with van der Waals surface area (Å²) in [5.74, 6) is -0.117. The van der Waals surface area contributed by atoms with Crippen LogP contribution in [-0.2, 0) is 11.3 Å². The predicted octanol–water partition coefficient (Wildman–Crippen LogP) is 2.21. The van der Waals surface area contributed by atoms with Crippen molar-refractivity contribution in [1.82, 2.24) is 10.6 Å². The number of nitrogens with zero attached hydrogens (tertiary/aromatic N) is 1. The van der Waals surface area contributed by atoms with Crippen LogP contribution in [0.5, 0.6) is 0 Å². The van der Waals surface area contributed by atoms with Crippen molar-refractivity contribution >= 4 is 29.1 Å². The largest absolute Gasteiger partial charge is 0.360 e. The third kappa shape index (κ3) is 4.06. The summed E-state index contributed by atoms with van der Waals surface area (Å²) in [6.45, 7) is 2.28. The van der Waals surface area contributed by atoms with Crippen LogP contribution in [0, 0.1) is 0 Å². The van der Waals surface area contributed by atoms with E-state index in [1.165, 1.54) is 0 Å². The lowest BCUT2D eigenvalue weighted by Crippen LogP contribution is -2.47. The minimum Gasteiger partial charge on any atom is -0.360 e. The lowest BCUT2D eigenvalue weighted by atomic mass is 10.1. The Kier molecular flexibility index (Phi) is 5.01. The number of carbonyl (C=O) groups excluding carboxylic acids is 2. The number of benzene rings is 2. The molecule has 1 fully saturated rings. The van der Waals surface area contributed by atoms with Crippen molar-refractivity contribution in [2.45, 2.75) is 6.54 Å². The Morgan fingerprint density at radius 1 is 1.21 bits per heavy atom. The van der Waals surface area contributed by atoms with Crippen LogP contribution in [0.25, 0.3) is 0 Å². The molecule has 1 saturated heterocycles. The molecular weight excluding hydrogens is 326 g/mol. The molecule has 3 rings (SSSR count). The number of hydrogen-bond donors (Lipinski definition) is 2. The van der Waals surface area contributed by atoms with Gasteiger partial charge in [0.25, 0.3) is 5.91 Å². The van der Waals surface area contributed by atoms with Gasteiger partial charge in [-0.1, -0.05) is 29.8 Å². The first-order chi connectivity index (χ1) is 11.6. The van der Waals surface area contributed by atoms with Crippen LogP contribution in [0.15, 0.2) is 48.5 Å². The van der Waals surface area contributed by atoms with E-state index in [0.29, 0.717) is 30.2 Å². The van der Waals surface area contributed by atoms with Gasteiger partial charge in [-0.2, -0.15) is 0 Å². The highest BCUT2D eigenvalue weighted by atomic mass is 35.5. The van der Waals surface area contributed by atoms with Crippen LogP contribution < -0.4 is 15.5 Å². The van der Waals surface area contributed by atoms with Crippen molar-refractivity contribution in [2.24, 2.45) is 0 Å². The molecule has 1 heterocycles. The zero-order valence-electron chi connectivity index (χ0n) is 13.1. The van der Waals surface area contributed by atoms with E-state index in [1.54, 1.807) is 24.3 Å². The Morgan fingerprint density at radius 3 is 2.71 bits per heavy atom. The molecule has 0 unspecified atom stereocenters. The molecule has 2 aromatic carbocycles. The van der Waals surface area contributed by atoms with E-state index in [4.69, 9.17) is 11.6 Å². The van der Waals surface area contributed by atoms with Gasteiger partial charge < -0.3 is 15.5 Å². The Morgan fingerprint density at radius 2 is 2.00 bits per heavy atom. The summed E-state index contributed by atoms with van der Waals surface area (Å²) in [5.41, 5.74) is 2.55. The van der Waals surface area contributed by atoms with Crippen LogP contribution in [-0.4, -0.2) is 31.4 Å². The fourth-order valence-corrected chi connectivity index (χ4v) is 2.79. The topological polar surface area (TPSA) is 61.4 Å². The summed E-state index contributed by atoms with van der Waals surface area (Å²) >= 11 is 5.89. The molecule has 24 heavy (non-hydrogen) atoms. The second-order valence-electron chi connectivity index (χ2n) is 5.63. The molecule has 0 radical (unpaired) electrons. The first kappa shape index (κ1) is 16.3. The molecule has 2 amide bonds. The molecule has 2 N–H and O–H groups in total.